The lowest BCUT2D eigenvalue weighted by Crippen LogP contribution is -2.43. The highest BCUT2D eigenvalue weighted by molar-refractivity contribution is 7.12. The van der Waals surface area contributed by atoms with Crippen LogP contribution in [0.4, 0.5) is 0 Å². The SMILES string of the molecule is Cc1cc(C(=O)NC2CC(c3ccccc3)C2)cn(-c2nccs2)c1=O. The van der Waals surface area contributed by atoms with Crippen molar-refractivity contribution < 1.29 is 4.79 Å². The number of nitrogens with zero attached hydrogens (tertiary/aromatic N) is 2. The van der Waals surface area contributed by atoms with Gasteiger partial charge in [0, 0.05) is 29.4 Å². The summed E-state index contributed by atoms with van der Waals surface area (Å²) in [6.45, 7) is 1.72. The van der Waals surface area contributed by atoms with Crippen LogP contribution in [0.25, 0.3) is 5.13 Å². The number of amides is 1. The Morgan fingerprint density at radius 1 is 1.27 bits per heavy atom. The number of aromatic nitrogens is 2. The highest BCUT2D eigenvalue weighted by atomic mass is 32.1. The molecule has 2 heterocycles. The van der Waals surface area contributed by atoms with Crippen LogP contribution in [0.3, 0.4) is 0 Å². The molecule has 1 N–H and O–H groups in total. The van der Waals surface area contributed by atoms with Crippen LogP contribution in [0.5, 0.6) is 0 Å². The predicted molar refractivity (Wildman–Crippen MR) is 102 cm³/mol. The molecule has 6 heteroatoms. The van der Waals surface area contributed by atoms with E-state index in [9.17, 15) is 9.59 Å². The summed E-state index contributed by atoms with van der Waals surface area (Å²) in [5, 5.41) is 5.46. The Morgan fingerprint density at radius 3 is 2.73 bits per heavy atom. The van der Waals surface area contributed by atoms with Crippen LogP contribution in [0.2, 0.25) is 0 Å². The van der Waals surface area contributed by atoms with Crippen molar-refractivity contribution in [3.8, 4) is 5.13 Å². The highest BCUT2D eigenvalue weighted by Crippen LogP contribution is 2.36. The summed E-state index contributed by atoms with van der Waals surface area (Å²) in [6.07, 6.45) is 5.12. The minimum absolute atomic E-state index is 0.144. The normalized spacial score (nSPS) is 19.0. The Labute approximate surface area is 155 Å². The van der Waals surface area contributed by atoms with Crippen LogP contribution >= 0.6 is 11.3 Å². The van der Waals surface area contributed by atoms with Gasteiger partial charge in [0.15, 0.2) is 5.13 Å². The highest BCUT2D eigenvalue weighted by Gasteiger charge is 2.31. The molecule has 0 aliphatic heterocycles. The van der Waals surface area contributed by atoms with Gasteiger partial charge in [0.2, 0.25) is 0 Å². The van der Waals surface area contributed by atoms with E-state index in [4.69, 9.17) is 0 Å². The van der Waals surface area contributed by atoms with Crippen molar-refractivity contribution in [2.24, 2.45) is 0 Å². The Morgan fingerprint density at radius 2 is 2.04 bits per heavy atom. The summed E-state index contributed by atoms with van der Waals surface area (Å²) >= 11 is 1.37. The summed E-state index contributed by atoms with van der Waals surface area (Å²) in [6, 6.07) is 12.2. The number of rotatable bonds is 4. The van der Waals surface area contributed by atoms with E-state index in [2.05, 4.69) is 22.4 Å². The van der Waals surface area contributed by atoms with E-state index < -0.39 is 0 Å². The molecular weight excluding hydrogens is 346 g/mol. The molecule has 1 aromatic carbocycles. The average molecular weight is 365 g/mol. The minimum Gasteiger partial charge on any atom is -0.349 e. The molecule has 3 aromatic rings. The fourth-order valence-electron chi connectivity index (χ4n) is 3.32. The number of carbonyl (C=O) groups is 1. The lowest BCUT2D eigenvalue weighted by molar-refractivity contribution is 0.0908. The first-order valence-corrected chi connectivity index (χ1v) is 9.49. The third kappa shape index (κ3) is 3.20. The van der Waals surface area contributed by atoms with Gasteiger partial charge in [0.1, 0.15) is 0 Å². The topological polar surface area (TPSA) is 64.0 Å². The van der Waals surface area contributed by atoms with Gasteiger partial charge in [-0.2, -0.15) is 0 Å². The Kier molecular flexibility index (Phi) is 4.42. The van der Waals surface area contributed by atoms with Crippen molar-refractivity contribution >= 4 is 17.2 Å². The predicted octanol–water partition coefficient (Wildman–Crippen LogP) is 3.28. The first-order chi connectivity index (χ1) is 12.6. The zero-order chi connectivity index (χ0) is 18.1. The van der Waals surface area contributed by atoms with E-state index in [1.165, 1.54) is 21.5 Å². The second-order valence-electron chi connectivity index (χ2n) is 6.65. The van der Waals surface area contributed by atoms with Crippen LogP contribution in [-0.4, -0.2) is 21.5 Å². The average Bonchev–Trinajstić information content (AvgIpc) is 3.15. The van der Waals surface area contributed by atoms with Crippen LogP contribution in [-0.2, 0) is 0 Å². The van der Waals surface area contributed by atoms with Gasteiger partial charge in [-0.05, 0) is 37.3 Å². The Hall–Kier alpha value is -2.73. The molecule has 5 nitrogen and oxygen atoms in total. The van der Waals surface area contributed by atoms with Crippen molar-refractivity contribution in [2.75, 3.05) is 0 Å². The van der Waals surface area contributed by atoms with E-state index in [1.54, 1.807) is 25.4 Å². The maximum absolute atomic E-state index is 12.6. The van der Waals surface area contributed by atoms with Crippen LogP contribution in [0, 0.1) is 6.92 Å². The summed E-state index contributed by atoms with van der Waals surface area (Å²) in [5.74, 6) is 0.363. The number of hydrogen-bond donors (Lipinski definition) is 1. The molecule has 0 atom stereocenters. The largest absolute Gasteiger partial charge is 0.349 e. The molecule has 1 fully saturated rings. The summed E-state index contributed by atoms with van der Waals surface area (Å²) < 4.78 is 1.45. The number of carbonyl (C=O) groups excluding carboxylic acids is 1. The second kappa shape index (κ2) is 6.88. The molecule has 1 saturated carbocycles. The lowest BCUT2D eigenvalue weighted by atomic mass is 9.76. The number of benzene rings is 1. The fourth-order valence-corrected chi connectivity index (χ4v) is 3.94. The van der Waals surface area contributed by atoms with Gasteiger partial charge in [-0.1, -0.05) is 30.3 Å². The van der Waals surface area contributed by atoms with E-state index in [0.717, 1.165) is 12.8 Å². The molecule has 4 rings (SSSR count). The van der Waals surface area contributed by atoms with E-state index in [0.29, 0.717) is 22.2 Å². The number of hydrogen-bond acceptors (Lipinski definition) is 4. The molecule has 1 amide bonds. The van der Waals surface area contributed by atoms with E-state index in [1.807, 2.05) is 23.6 Å². The van der Waals surface area contributed by atoms with Gasteiger partial charge in [0.05, 0.1) is 5.56 Å². The summed E-state index contributed by atoms with van der Waals surface area (Å²) in [5.41, 5.74) is 2.19. The molecule has 1 aliphatic carbocycles. The molecule has 0 saturated heterocycles. The Bertz CT molecular complexity index is 974. The van der Waals surface area contributed by atoms with Crippen molar-refractivity contribution in [3.63, 3.8) is 0 Å². The fraction of sp³-hybridized carbons (Fsp3) is 0.250. The van der Waals surface area contributed by atoms with Crippen molar-refractivity contribution in [1.82, 2.24) is 14.9 Å². The first kappa shape index (κ1) is 16.7. The molecule has 2 aromatic heterocycles. The zero-order valence-electron chi connectivity index (χ0n) is 14.4. The van der Waals surface area contributed by atoms with Gasteiger partial charge in [-0.15, -0.1) is 11.3 Å². The van der Waals surface area contributed by atoms with Gasteiger partial charge in [0.25, 0.3) is 11.5 Å². The van der Waals surface area contributed by atoms with Gasteiger partial charge in [-0.3, -0.25) is 14.2 Å². The molecule has 0 radical (unpaired) electrons. The van der Waals surface area contributed by atoms with Crippen molar-refractivity contribution in [2.45, 2.75) is 31.7 Å². The molecule has 132 valence electrons. The van der Waals surface area contributed by atoms with Gasteiger partial charge >= 0.3 is 0 Å². The van der Waals surface area contributed by atoms with Gasteiger partial charge in [-0.25, -0.2) is 4.98 Å². The van der Waals surface area contributed by atoms with Crippen LogP contribution in [0.15, 0.2) is 59.0 Å². The zero-order valence-corrected chi connectivity index (χ0v) is 15.2. The molecule has 26 heavy (non-hydrogen) atoms. The smallest absolute Gasteiger partial charge is 0.259 e. The molecule has 0 spiro atoms. The number of aryl methyl sites for hydroxylation is 1. The molecule has 0 unspecified atom stereocenters. The van der Waals surface area contributed by atoms with Crippen molar-refractivity contribution in [1.29, 1.82) is 0 Å². The van der Waals surface area contributed by atoms with E-state index >= 15 is 0 Å². The summed E-state index contributed by atoms with van der Waals surface area (Å²) in [4.78, 5) is 29.1. The maximum atomic E-state index is 12.6. The number of pyridine rings is 1. The van der Waals surface area contributed by atoms with Crippen molar-refractivity contribution in [3.05, 3.63) is 81.2 Å². The second-order valence-corrected chi connectivity index (χ2v) is 7.52. The molecule has 0 bridgehead atoms. The molecular formula is C20H19N3O2S. The molecule has 1 aliphatic rings. The first-order valence-electron chi connectivity index (χ1n) is 8.61. The Balaban J connectivity index is 1.47. The van der Waals surface area contributed by atoms with Crippen LogP contribution < -0.4 is 10.9 Å². The van der Waals surface area contributed by atoms with Crippen LogP contribution in [0.1, 0.15) is 40.2 Å². The monoisotopic (exact) mass is 365 g/mol. The standard InChI is InChI=1S/C20H19N3O2S/c1-13-9-16(12-23(19(13)25)20-21-7-8-26-20)18(24)22-17-10-15(11-17)14-5-3-2-4-6-14/h2-9,12,15,17H,10-11H2,1H3,(H,22,24). The number of nitrogens with one attached hydrogen (secondary N) is 1. The number of thiazole rings is 1. The van der Waals surface area contributed by atoms with Gasteiger partial charge < -0.3 is 5.32 Å². The minimum atomic E-state index is -0.149. The third-order valence-electron chi connectivity index (χ3n) is 4.83. The quantitative estimate of drug-likeness (QED) is 0.772. The van der Waals surface area contributed by atoms with E-state index in [-0.39, 0.29) is 17.5 Å². The maximum Gasteiger partial charge on any atom is 0.259 e. The third-order valence-corrected chi connectivity index (χ3v) is 5.60. The lowest BCUT2D eigenvalue weighted by Gasteiger charge is -2.36. The summed E-state index contributed by atoms with van der Waals surface area (Å²) in [7, 11) is 0.